The number of rotatable bonds is 5. The number of carbonyl (C=O) groups is 2. The second-order valence-electron chi connectivity index (χ2n) is 4.13. The van der Waals surface area contributed by atoms with Gasteiger partial charge >= 0.3 is 0 Å². The van der Waals surface area contributed by atoms with E-state index in [4.69, 9.17) is 0 Å². The molecule has 0 aliphatic heterocycles. The Hall–Kier alpha value is -1.86. The van der Waals surface area contributed by atoms with Crippen molar-refractivity contribution in [1.82, 2.24) is 15.6 Å². The van der Waals surface area contributed by atoms with Crippen molar-refractivity contribution in [3.05, 3.63) is 47.0 Å². The van der Waals surface area contributed by atoms with Crippen molar-refractivity contribution < 1.29 is 9.59 Å². The molecule has 2 N–H and O–H groups in total. The maximum atomic E-state index is 12.2. The number of aromatic nitrogens is 1. The number of thiazole rings is 1. The van der Waals surface area contributed by atoms with Gasteiger partial charge in [0, 0.05) is 12.4 Å². The number of amides is 2. The van der Waals surface area contributed by atoms with Crippen LogP contribution < -0.4 is 10.6 Å². The van der Waals surface area contributed by atoms with Crippen molar-refractivity contribution in [2.45, 2.75) is 10.4 Å². The summed E-state index contributed by atoms with van der Waals surface area (Å²) in [6.45, 7) is 0. The largest absolute Gasteiger partial charge is 0.357 e. The monoisotopic (exact) mass is 321 g/mol. The van der Waals surface area contributed by atoms with Crippen molar-refractivity contribution in [1.29, 1.82) is 0 Å². The van der Waals surface area contributed by atoms with Gasteiger partial charge in [-0.2, -0.15) is 0 Å². The third-order valence-electron chi connectivity index (χ3n) is 2.81. The maximum absolute atomic E-state index is 12.2. The zero-order chi connectivity index (χ0) is 15.2. The van der Waals surface area contributed by atoms with Crippen LogP contribution >= 0.6 is 23.1 Å². The summed E-state index contributed by atoms with van der Waals surface area (Å²) in [6, 6.07) is 8.38. The van der Waals surface area contributed by atoms with Crippen LogP contribution in [0.4, 0.5) is 0 Å². The lowest BCUT2D eigenvalue weighted by Gasteiger charge is -2.17. The van der Waals surface area contributed by atoms with Crippen molar-refractivity contribution in [2.24, 2.45) is 0 Å². The normalized spacial score (nSPS) is 11.7. The number of nitrogens with zero attached hydrogens (tertiary/aromatic N) is 1. The van der Waals surface area contributed by atoms with E-state index in [0.29, 0.717) is 5.69 Å². The molecule has 0 radical (unpaired) electrons. The lowest BCUT2D eigenvalue weighted by atomic mass is 10.1. The number of benzene rings is 1. The molecular weight excluding hydrogens is 306 g/mol. The van der Waals surface area contributed by atoms with Gasteiger partial charge in [-0.1, -0.05) is 42.1 Å². The van der Waals surface area contributed by atoms with E-state index < -0.39 is 6.04 Å². The molecule has 0 unspecified atom stereocenters. The van der Waals surface area contributed by atoms with Crippen LogP contribution in [0, 0.1) is 0 Å². The standard InChI is InChI=1S/C14H15N3O2S2/c1-15-13(19)11(9-6-4-3-5-7-9)17-12(18)10-8-21-14(16-10)20-2/h3-8,11H,1-2H3,(H,15,19)(H,17,18)/t11-/m1/s1. The molecule has 0 saturated heterocycles. The molecule has 7 heteroatoms. The van der Waals surface area contributed by atoms with E-state index in [0.717, 1.165) is 9.90 Å². The van der Waals surface area contributed by atoms with Gasteiger partial charge in [0.1, 0.15) is 16.1 Å². The number of carbonyl (C=O) groups excluding carboxylic acids is 2. The Labute approximate surface area is 131 Å². The predicted octanol–water partition coefficient (Wildman–Crippen LogP) is 2.08. The molecule has 2 rings (SSSR count). The molecule has 0 bridgehead atoms. The molecule has 2 aromatic rings. The van der Waals surface area contributed by atoms with Gasteiger partial charge in [-0.3, -0.25) is 9.59 Å². The molecule has 1 aromatic heterocycles. The summed E-state index contributed by atoms with van der Waals surface area (Å²) in [5.74, 6) is -0.626. The van der Waals surface area contributed by atoms with Crippen LogP contribution in [0.25, 0.3) is 0 Å². The highest BCUT2D eigenvalue weighted by Gasteiger charge is 2.23. The minimum Gasteiger partial charge on any atom is -0.357 e. The molecule has 5 nitrogen and oxygen atoms in total. The number of hydrogen-bond acceptors (Lipinski definition) is 5. The lowest BCUT2D eigenvalue weighted by Crippen LogP contribution is -2.39. The first-order valence-electron chi connectivity index (χ1n) is 6.22. The average molecular weight is 321 g/mol. The Morgan fingerprint density at radius 1 is 1.29 bits per heavy atom. The minimum absolute atomic E-state index is 0.269. The topological polar surface area (TPSA) is 71.1 Å². The second kappa shape index (κ2) is 7.24. The zero-order valence-corrected chi connectivity index (χ0v) is 13.3. The van der Waals surface area contributed by atoms with E-state index in [9.17, 15) is 9.59 Å². The van der Waals surface area contributed by atoms with Crippen LogP contribution in [0.1, 0.15) is 22.1 Å². The van der Waals surface area contributed by atoms with Gasteiger partial charge in [0.15, 0.2) is 0 Å². The summed E-state index contributed by atoms with van der Waals surface area (Å²) in [5, 5.41) is 6.97. The van der Waals surface area contributed by atoms with Gasteiger partial charge < -0.3 is 10.6 Å². The van der Waals surface area contributed by atoms with Crippen molar-refractivity contribution >= 4 is 34.9 Å². The molecule has 110 valence electrons. The first-order chi connectivity index (χ1) is 10.2. The molecule has 0 aliphatic rings. The number of likely N-dealkylation sites (N-methyl/N-ethyl adjacent to an activating group) is 1. The fourth-order valence-corrected chi connectivity index (χ4v) is 2.99. The Bertz CT molecular complexity index is 628. The molecule has 1 heterocycles. The second-order valence-corrected chi connectivity index (χ2v) is 6.05. The molecular formula is C14H15N3O2S2. The Morgan fingerprint density at radius 3 is 2.57 bits per heavy atom. The summed E-state index contributed by atoms with van der Waals surface area (Å²) in [6.07, 6.45) is 1.90. The van der Waals surface area contributed by atoms with Crippen LogP contribution in [0.15, 0.2) is 40.1 Å². The van der Waals surface area contributed by atoms with Crippen LogP contribution in [-0.2, 0) is 4.79 Å². The van der Waals surface area contributed by atoms with Crippen LogP contribution in [0.5, 0.6) is 0 Å². The Balaban J connectivity index is 2.19. The highest BCUT2D eigenvalue weighted by molar-refractivity contribution is 8.00. The van der Waals surface area contributed by atoms with Crippen LogP contribution in [0.3, 0.4) is 0 Å². The van der Waals surface area contributed by atoms with Crippen LogP contribution in [-0.4, -0.2) is 30.1 Å². The smallest absolute Gasteiger partial charge is 0.271 e. The molecule has 2 amide bonds. The van der Waals surface area contributed by atoms with Gasteiger partial charge in [0.05, 0.1) is 0 Å². The van der Waals surface area contributed by atoms with E-state index in [2.05, 4.69) is 15.6 Å². The van der Waals surface area contributed by atoms with Crippen LogP contribution in [0.2, 0.25) is 0 Å². The fraction of sp³-hybridized carbons (Fsp3) is 0.214. The van der Waals surface area contributed by atoms with E-state index in [1.165, 1.54) is 23.1 Å². The van der Waals surface area contributed by atoms with Gasteiger partial charge in [-0.05, 0) is 11.8 Å². The average Bonchev–Trinajstić information content (AvgIpc) is 3.01. The van der Waals surface area contributed by atoms with Gasteiger partial charge in [-0.25, -0.2) is 4.98 Å². The molecule has 0 fully saturated rings. The van der Waals surface area contributed by atoms with E-state index in [1.54, 1.807) is 24.6 Å². The molecule has 1 aromatic carbocycles. The van der Waals surface area contributed by atoms with Gasteiger partial charge in [0.2, 0.25) is 5.91 Å². The third-order valence-corrected chi connectivity index (χ3v) is 4.67. The highest BCUT2D eigenvalue weighted by atomic mass is 32.2. The van der Waals surface area contributed by atoms with E-state index in [-0.39, 0.29) is 11.8 Å². The van der Waals surface area contributed by atoms with Crippen molar-refractivity contribution in [3.63, 3.8) is 0 Å². The molecule has 1 atom stereocenters. The van der Waals surface area contributed by atoms with Crippen molar-refractivity contribution in [2.75, 3.05) is 13.3 Å². The first-order valence-corrected chi connectivity index (χ1v) is 8.33. The summed E-state index contributed by atoms with van der Waals surface area (Å²) >= 11 is 2.89. The van der Waals surface area contributed by atoms with E-state index >= 15 is 0 Å². The minimum atomic E-state index is -0.733. The van der Waals surface area contributed by atoms with Gasteiger partial charge in [-0.15, -0.1) is 11.3 Å². The summed E-state index contributed by atoms with van der Waals surface area (Å²) in [5.41, 5.74) is 1.06. The quantitative estimate of drug-likeness (QED) is 0.827. The summed E-state index contributed by atoms with van der Waals surface area (Å²) in [7, 11) is 1.54. The number of thioether (sulfide) groups is 1. The molecule has 0 aliphatic carbocycles. The lowest BCUT2D eigenvalue weighted by molar-refractivity contribution is -0.122. The summed E-state index contributed by atoms with van der Waals surface area (Å²) < 4.78 is 0.816. The molecule has 21 heavy (non-hydrogen) atoms. The van der Waals surface area contributed by atoms with Gasteiger partial charge in [0.25, 0.3) is 5.91 Å². The van der Waals surface area contributed by atoms with E-state index in [1.807, 2.05) is 24.5 Å². The molecule has 0 spiro atoms. The highest BCUT2D eigenvalue weighted by Crippen LogP contribution is 2.20. The number of hydrogen-bond donors (Lipinski definition) is 2. The van der Waals surface area contributed by atoms with Crippen molar-refractivity contribution in [3.8, 4) is 0 Å². The Kier molecular flexibility index (Phi) is 5.35. The fourth-order valence-electron chi connectivity index (χ4n) is 1.75. The zero-order valence-electron chi connectivity index (χ0n) is 11.6. The first kappa shape index (κ1) is 15.5. The molecule has 0 saturated carbocycles. The summed E-state index contributed by atoms with van der Waals surface area (Å²) in [4.78, 5) is 28.4. The number of nitrogens with one attached hydrogen (secondary N) is 2. The SMILES string of the molecule is CNC(=O)[C@H](NC(=O)c1csc(SC)n1)c1ccccc1. The third kappa shape index (κ3) is 3.83. The predicted molar refractivity (Wildman–Crippen MR) is 84.6 cm³/mol. The Morgan fingerprint density at radius 2 is 2.00 bits per heavy atom. The maximum Gasteiger partial charge on any atom is 0.271 e.